The quantitative estimate of drug-likeness (QED) is 0.644. The van der Waals surface area contributed by atoms with Gasteiger partial charge in [0.15, 0.2) is 0 Å². The van der Waals surface area contributed by atoms with Crippen molar-refractivity contribution in [2.45, 2.75) is 58.0 Å². The molecule has 0 unspecified atom stereocenters. The van der Waals surface area contributed by atoms with E-state index in [1.165, 1.54) is 12.5 Å². The molecular weight excluding hydrogens is 438 g/mol. The zero-order valence-electron chi connectivity index (χ0n) is 19.4. The van der Waals surface area contributed by atoms with Crippen molar-refractivity contribution in [2.24, 2.45) is 0 Å². The number of benzene rings is 2. The smallest absolute Gasteiger partial charge is 0.253 e. The van der Waals surface area contributed by atoms with Crippen molar-refractivity contribution in [1.82, 2.24) is 15.5 Å². The van der Waals surface area contributed by atoms with E-state index in [1.54, 1.807) is 29.2 Å². The summed E-state index contributed by atoms with van der Waals surface area (Å²) >= 11 is 5.91. The lowest BCUT2D eigenvalue weighted by atomic mass is 9.98. The Labute approximate surface area is 200 Å². The second-order valence-corrected chi connectivity index (χ2v) is 9.37. The third-order valence-corrected chi connectivity index (χ3v) is 6.25. The Hall–Kier alpha value is -2.86. The van der Waals surface area contributed by atoms with Crippen molar-refractivity contribution in [3.8, 4) is 0 Å². The van der Waals surface area contributed by atoms with Crippen LogP contribution >= 0.6 is 11.6 Å². The second-order valence-electron chi connectivity index (χ2n) is 8.94. The lowest BCUT2D eigenvalue weighted by molar-refractivity contribution is -0.128. The fourth-order valence-corrected chi connectivity index (χ4v) is 4.16. The molecule has 1 heterocycles. The van der Waals surface area contributed by atoms with Crippen LogP contribution in [0.4, 0.5) is 0 Å². The van der Waals surface area contributed by atoms with Crippen molar-refractivity contribution in [1.29, 1.82) is 0 Å². The van der Waals surface area contributed by atoms with Gasteiger partial charge in [-0.15, -0.1) is 0 Å². The SMILES string of the molecule is CC(=O)N[C@@H](Cc1ccc(C(C)C)cc1)C(=O)NC1CCN(C(=O)c2ccc(Cl)cc2)CC1. The third-order valence-electron chi connectivity index (χ3n) is 6.00. The molecule has 3 amide bonds. The minimum absolute atomic E-state index is 0.0302. The highest BCUT2D eigenvalue weighted by Gasteiger charge is 2.27. The van der Waals surface area contributed by atoms with Crippen LogP contribution in [-0.2, 0) is 16.0 Å². The van der Waals surface area contributed by atoms with Gasteiger partial charge in [-0.1, -0.05) is 49.7 Å². The molecule has 2 aromatic rings. The van der Waals surface area contributed by atoms with E-state index in [-0.39, 0.29) is 23.8 Å². The molecule has 2 aromatic carbocycles. The lowest BCUT2D eigenvalue weighted by Crippen LogP contribution is -2.53. The van der Waals surface area contributed by atoms with Gasteiger partial charge in [0.1, 0.15) is 6.04 Å². The number of carbonyl (C=O) groups excluding carboxylic acids is 3. The Morgan fingerprint density at radius 3 is 2.15 bits per heavy atom. The summed E-state index contributed by atoms with van der Waals surface area (Å²) in [5.41, 5.74) is 2.84. The summed E-state index contributed by atoms with van der Waals surface area (Å²) in [6.45, 7) is 6.82. The maximum Gasteiger partial charge on any atom is 0.253 e. The number of carbonyl (C=O) groups is 3. The lowest BCUT2D eigenvalue weighted by Gasteiger charge is -2.33. The Bertz CT molecular complexity index is 965. The second kappa shape index (κ2) is 11.3. The summed E-state index contributed by atoms with van der Waals surface area (Å²) in [7, 11) is 0. The molecular formula is C26H32ClN3O3. The Morgan fingerprint density at radius 1 is 1.00 bits per heavy atom. The molecule has 0 aromatic heterocycles. The number of rotatable bonds is 7. The van der Waals surface area contributed by atoms with Crippen LogP contribution in [0.1, 0.15) is 61.0 Å². The van der Waals surface area contributed by atoms with E-state index < -0.39 is 6.04 Å². The van der Waals surface area contributed by atoms with Gasteiger partial charge in [-0.2, -0.15) is 0 Å². The molecule has 1 atom stereocenters. The number of hydrogen-bond donors (Lipinski definition) is 2. The molecule has 2 N–H and O–H groups in total. The van der Waals surface area contributed by atoms with Crippen LogP contribution in [0.15, 0.2) is 48.5 Å². The molecule has 1 saturated heterocycles. The molecule has 0 aliphatic carbocycles. The molecule has 0 saturated carbocycles. The van der Waals surface area contributed by atoms with E-state index in [2.05, 4.69) is 36.6 Å². The van der Waals surface area contributed by atoms with Crippen LogP contribution in [0.3, 0.4) is 0 Å². The zero-order chi connectivity index (χ0) is 24.0. The van der Waals surface area contributed by atoms with Crippen molar-refractivity contribution < 1.29 is 14.4 Å². The highest BCUT2D eigenvalue weighted by Crippen LogP contribution is 2.18. The maximum atomic E-state index is 13.0. The molecule has 1 aliphatic heterocycles. The van der Waals surface area contributed by atoms with Gasteiger partial charge in [0.2, 0.25) is 11.8 Å². The standard InChI is InChI=1S/C26H32ClN3O3/c1-17(2)20-6-4-19(5-7-20)16-24(28-18(3)31)25(32)29-23-12-14-30(15-13-23)26(33)21-8-10-22(27)11-9-21/h4-11,17,23-24H,12-16H2,1-3H3,(H,28,31)(H,29,32)/t24-/m0/s1. The van der Waals surface area contributed by atoms with Gasteiger partial charge in [0, 0.05) is 43.1 Å². The predicted octanol–water partition coefficient (Wildman–Crippen LogP) is 3.93. The normalized spacial score (nSPS) is 15.2. The first kappa shape index (κ1) is 24.8. The van der Waals surface area contributed by atoms with Gasteiger partial charge in [0.05, 0.1) is 0 Å². The first-order valence-corrected chi connectivity index (χ1v) is 11.8. The number of piperidine rings is 1. The van der Waals surface area contributed by atoms with Crippen LogP contribution in [-0.4, -0.2) is 47.8 Å². The molecule has 0 bridgehead atoms. The topological polar surface area (TPSA) is 78.5 Å². The average Bonchev–Trinajstić information content (AvgIpc) is 2.79. The molecule has 6 nitrogen and oxygen atoms in total. The Kier molecular flexibility index (Phi) is 8.50. The minimum Gasteiger partial charge on any atom is -0.351 e. The van der Waals surface area contributed by atoms with Crippen LogP contribution < -0.4 is 10.6 Å². The van der Waals surface area contributed by atoms with Crippen LogP contribution in [0.5, 0.6) is 0 Å². The van der Waals surface area contributed by atoms with Gasteiger partial charge >= 0.3 is 0 Å². The average molecular weight is 470 g/mol. The summed E-state index contributed by atoms with van der Waals surface area (Å²) in [5, 5.41) is 6.45. The minimum atomic E-state index is -0.638. The van der Waals surface area contributed by atoms with Crippen molar-refractivity contribution in [3.63, 3.8) is 0 Å². The largest absolute Gasteiger partial charge is 0.351 e. The van der Waals surface area contributed by atoms with E-state index in [1.807, 2.05) is 12.1 Å². The number of hydrogen-bond acceptors (Lipinski definition) is 3. The van der Waals surface area contributed by atoms with E-state index in [0.717, 1.165) is 5.56 Å². The number of nitrogens with zero attached hydrogens (tertiary/aromatic N) is 1. The molecule has 0 spiro atoms. The van der Waals surface area contributed by atoms with Crippen LogP contribution in [0.25, 0.3) is 0 Å². The summed E-state index contributed by atoms with van der Waals surface area (Å²) < 4.78 is 0. The first-order chi connectivity index (χ1) is 15.7. The predicted molar refractivity (Wildman–Crippen MR) is 130 cm³/mol. The Morgan fingerprint density at radius 2 is 1.61 bits per heavy atom. The van der Waals surface area contributed by atoms with Gasteiger partial charge in [-0.3, -0.25) is 14.4 Å². The van der Waals surface area contributed by atoms with Crippen LogP contribution in [0.2, 0.25) is 5.02 Å². The molecule has 33 heavy (non-hydrogen) atoms. The maximum absolute atomic E-state index is 13.0. The number of nitrogens with one attached hydrogen (secondary N) is 2. The molecule has 3 rings (SSSR count). The highest BCUT2D eigenvalue weighted by atomic mass is 35.5. The number of amides is 3. The number of halogens is 1. The summed E-state index contributed by atoms with van der Waals surface area (Å²) in [4.78, 5) is 39.2. The molecule has 1 fully saturated rings. The van der Waals surface area contributed by atoms with E-state index in [0.29, 0.717) is 48.9 Å². The van der Waals surface area contributed by atoms with E-state index >= 15 is 0 Å². The molecule has 176 valence electrons. The van der Waals surface area contributed by atoms with Crippen molar-refractivity contribution in [2.75, 3.05) is 13.1 Å². The van der Waals surface area contributed by atoms with Crippen LogP contribution in [0, 0.1) is 0 Å². The summed E-state index contributed by atoms with van der Waals surface area (Å²) in [5.74, 6) is -0.0266. The van der Waals surface area contributed by atoms with Crippen molar-refractivity contribution >= 4 is 29.3 Å². The van der Waals surface area contributed by atoms with Gasteiger partial charge in [0.25, 0.3) is 5.91 Å². The van der Waals surface area contributed by atoms with E-state index in [9.17, 15) is 14.4 Å². The summed E-state index contributed by atoms with van der Waals surface area (Å²) in [6.07, 6.45) is 1.76. The fraction of sp³-hybridized carbons (Fsp3) is 0.423. The fourth-order valence-electron chi connectivity index (χ4n) is 4.03. The first-order valence-electron chi connectivity index (χ1n) is 11.4. The van der Waals surface area contributed by atoms with Crippen molar-refractivity contribution in [3.05, 3.63) is 70.2 Å². The van der Waals surface area contributed by atoms with Gasteiger partial charge < -0.3 is 15.5 Å². The third kappa shape index (κ3) is 7.06. The van der Waals surface area contributed by atoms with E-state index in [4.69, 9.17) is 11.6 Å². The highest BCUT2D eigenvalue weighted by molar-refractivity contribution is 6.30. The van der Waals surface area contributed by atoms with Gasteiger partial charge in [-0.05, 0) is 54.2 Å². The summed E-state index contributed by atoms with van der Waals surface area (Å²) in [6, 6.07) is 14.4. The Balaban J connectivity index is 1.55. The molecule has 7 heteroatoms. The van der Waals surface area contributed by atoms with Gasteiger partial charge in [-0.25, -0.2) is 0 Å². The number of likely N-dealkylation sites (tertiary alicyclic amines) is 1. The molecule has 0 radical (unpaired) electrons. The zero-order valence-corrected chi connectivity index (χ0v) is 20.2. The monoisotopic (exact) mass is 469 g/mol. The molecule has 1 aliphatic rings.